The van der Waals surface area contributed by atoms with Crippen molar-refractivity contribution in [2.45, 2.75) is 25.6 Å². The molecule has 0 spiro atoms. The fourth-order valence-electron chi connectivity index (χ4n) is 1.66. The smallest absolute Gasteiger partial charge is 0.0690 e. The Kier molecular flexibility index (Phi) is 3.89. The van der Waals surface area contributed by atoms with E-state index in [2.05, 4.69) is 34.9 Å². The lowest BCUT2D eigenvalue weighted by Gasteiger charge is -2.08. The van der Waals surface area contributed by atoms with Crippen LogP contribution in [-0.4, -0.2) is 9.78 Å². The monoisotopic (exact) mass is 312 g/mol. The maximum atomic E-state index is 5.96. The van der Waals surface area contributed by atoms with Gasteiger partial charge in [-0.1, -0.05) is 29.8 Å². The van der Waals surface area contributed by atoms with Gasteiger partial charge in [0.2, 0.25) is 0 Å². The van der Waals surface area contributed by atoms with Crippen molar-refractivity contribution in [1.29, 1.82) is 0 Å². The topological polar surface area (TPSA) is 17.8 Å². The molecular formula is C13H14BrClN2. The third-order valence-corrected chi connectivity index (χ3v) is 3.41. The predicted molar refractivity (Wildman–Crippen MR) is 74.9 cm³/mol. The molecule has 2 rings (SSSR count). The van der Waals surface area contributed by atoms with Crippen LogP contribution in [0.2, 0.25) is 0 Å². The standard InChI is InChI=1S/C13H14BrClN2/c1-9(2)12-5-6-17(16-12)13-4-3-11(14)7-10(13)8-15/h3-7,9H,8H2,1-2H3. The Morgan fingerprint density at radius 1 is 1.35 bits per heavy atom. The zero-order valence-electron chi connectivity index (χ0n) is 9.82. The molecule has 0 aliphatic carbocycles. The van der Waals surface area contributed by atoms with Gasteiger partial charge in [-0.2, -0.15) is 5.10 Å². The van der Waals surface area contributed by atoms with E-state index in [4.69, 9.17) is 11.6 Å². The number of benzene rings is 1. The van der Waals surface area contributed by atoms with E-state index in [0.29, 0.717) is 11.8 Å². The summed E-state index contributed by atoms with van der Waals surface area (Å²) in [5.41, 5.74) is 3.20. The molecule has 0 saturated carbocycles. The van der Waals surface area contributed by atoms with Crippen molar-refractivity contribution in [1.82, 2.24) is 9.78 Å². The summed E-state index contributed by atoms with van der Waals surface area (Å²) in [7, 11) is 0. The summed E-state index contributed by atoms with van der Waals surface area (Å²) in [6.45, 7) is 4.27. The van der Waals surface area contributed by atoms with Gasteiger partial charge in [-0.05, 0) is 35.7 Å². The van der Waals surface area contributed by atoms with Gasteiger partial charge < -0.3 is 0 Å². The van der Waals surface area contributed by atoms with E-state index in [-0.39, 0.29) is 0 Å². The summed E-state index contributed by atoms with van der Waals surface area (Å²) in [6.07, 6.45) is 1.98. The molecule has 90 valence electrons. The quantitative estimate of drug-likeness (QED) is 0.763. The Balaban J connectivity index is 2.44. The lowest BCUT2D eigenvalue weighted by Crippen LogP contribution is -2.00. The van der Waals surface area contributed by atoms with Gasteiger partial charge in [0, 0.05) is 16.5 Å². The zero-order valence-corrected chi connectivity index (χ0v) is 12.2. The van der Waals surface area contributed by atoms with E-state index >= 15 is 0 Å². The average Bonchev–Trinajstić information content (AvgIpc) is 2.78. The molecule has 2 nitrogen and oxygen atoms in total. The van der Waals surface area contributed by atoms with Crippen LogP contribution in [0.4, 0.5) is 0 Å². The molecule has 0 saturated heterocycles. The largest absolute Gasteiger partial charge is 0.240 e. The van der Waals surface area contributed by atoms with Crippen LogP contribution in [0.25, 0.3) is 5.69 Å². The van der Waals surface area contributed by atoms with Crippen molar-refractivity contribution in [3.63, 3.8) is 0 Å². The number of halogens is 2. The van der Waals surface area contributed by atoms with Crippen LogP contribution < -0.4 is 0 Å². The van der Waals surface area contributed by atoms with E-state index in [1.165, 1.54) is 0 Å². The Bertz CT molecular complexity index is 520. The molecule has 17 heavy (non-hydrogen) atoms. The molecule has 0 unspecified atom stereocenters. The van der Waals surface area contributed by atoms with E-state index in [0.717, 1.165) is 21.4 Å². The van der Waals surface area contributed by atoms with Crippen molar-refractivity contribution in [3.05, 3.63) is 46.2 Å². The van der Waals surface area contributed by atoms with Crippen LogP contribution in [0, 0.1) is 0 Å². The first-order chi connectivity index (χ1) is 8.11. The Labute approximate surface area is 115 Å². The molecule has 1 aromatic carbocycles. The van der Waals surface area contributed by atoms with Crippen LogP contribution in [-0.2, 0) is 5.88 Å². The highest BCUT2D eigenvalue weighted by molar-refractivity contribution is 9.10. The normalized spacial score (nSPS) is 11.1. The third kappa shape index (κ3) is 2.72. The molecule has 0 atom stereocenters. The minimum absolute atomic E-state index is 0.436. The summed E-state index contributed by atoms with van der Waals surface area (Å²) in [5.74, 6) is 0.914. The highest BCUT2D eigenvalue weighted by Gasteiger charge is 2.08. The van der Waals surface area contributed by atoms with Gasteiger partial charge in [-0.3, -0.25) is 0 Å². The Morgan fingerprint density at radius 2 is 2.12 bits per heavy atom. The summed E-state index contributed by atoms with van der Waals surface area (Å²) in [4.78, 5) is 0. The van der Waals surface area contributed by atoms with Crippen LogP contribution in [0.15, 0.2) is 34.9 Å². The minimum atomic E-state index is 0.436. The fourth-order valence-corrected chi connectivity index (χ4v) is 2.29. The summed E-state index contributed by atoms with van der Waals surface area (Å²) in [5, 5.41) is 4.56. The van der Waals surface area contributed by atoms with E-state index in [9.17, 15) is 0 Å². The van der Waals surface area contributed by atoms with Crippen molar-refractivity contribution < 1.29 is 0 Å². The van der Waals surface area contributed by atoms with E-state index in [1.807, 2.05) is 35.1 Å². The summed E-state index contributed by atoms with van der Waals surface area (Å²) in [6, 6.07) is 8.10. The van der Waals surface area contributed by atoms with Gasteiger partial charge in [0.1, 0.15) is 0 Å². The van der Waals surface area contributed by atoms with Gasteiger partial charge in [0.25, 0.3) is 0 Å². The van der Waals surface area contributed by atoms with E-state index < -0.39 is 0 Å². The molecule has 0 radical (unpaired) electrons. The van der Waals surface area contributed by atoms with Gasteiger partial charge in [0.15, 0.2) is 0 Å². The molecule has 0 fully saturated rings. The number of hydrogen-bond donors (Lipinski definition) is 0. The second kappa shape index (κ2) is 5.23. The van der Waals surface area contributed by atoms with E-state index in [1.54, 1.807) is 0 Å². The molecule has 1 heterocycles. The molecule has 0 aliphatic rings. The van der Waals surface area contributed by atoms with Crippen molar-refractivity contribution >= 4 is 27.5 Å². The summed E-state index contributed by atoms with van der Waals surface area (Å²) < 4.78 is 2.92. The highest BCUT2D eigenvalue weighted by Crippen LogP contribution is 2.22. The summed E-state index contributed by atoms with van der Waals surface area (Å²) >= 11 is 9.41. The van der Waals surface area contributed by atoms with Crippen LogP contribution in [0.3, 0.4) is 0 Å². The van der Waals surface area contributed by atoms with Crippen LogP contribution in [0.1, 0.15) is 31.0 Å². The second-order valence-electron chi connectivity index (χ2n) is 4.25. The molecule has 0 aliphatic heterocycles. The lowest BCUT2D eigenvalue weighted by atomic mass is 10.1. The predicted octanol–water partition coefficient (Wildman–Crippen LogP) is 4.50. The number of rotatable bonds is 3. The molecular weight excluding hydrogens is 300 g/mol. The molecule has 0 N–H and O–H groups in total. The number of alkyl halides is 1. The Hall–Kier alpha value is -0.800. The maximum Gasteiger partial charge on any atom is 0.0690 e. The van der Waals surface area contributed by atoms with Gasteiger partial charge in [-0.15, -0.1) is 11.6 Å². The van der Waals surface area contributed by atoms with Gasteiger partial charge >= 0.3 is 0 Å². The molecule has 1 aromatic heterocycles. The van der Waals surface area contributed by atoms with Gasteiger partial charge in [0.05, 0.1) is 11.4 Å². The third-order valence-electron chi connectivity index (χ3n) is 2.63. The zero-order chi connectivity index (χ0) is 12.4. The lowest BCUT2D eigenvalue weighted by molar-refractivity contribution is 0.766. The molecule has 2 aromatic rings. The average molecular weight is 314 g/mol. The number of hydrogen-bond acceptors (Lipinski definition) is 1. The van der Waals surface area contributed by atoms with Crippen molar-refractivity contribution in [3.8, 4) is 5.69 Å². The van der Waals surface area contributed by atoms with Gasteiger partial charge in [-0.25, -0.2) is 4.68 Å². The van der Waals surface area contributed by atoms with Crippen molar-refractivity contribution in [2.75, 3.05) is 0 Å². The highest BCUT2D eigenvalue weighted by atomic mass is 79.9. The SMILES string of the molecule is CC(C)c1ccn(-c2ccc(Br)cc2CCl)n1. The first-order valence-corrected chi connectivity index (χ1v) is 6.85. The molecule has 0 bridgehead atoms. The first-order valence-electron chi connectivity index (χ1n) is 5.52. The van der Waals surface area contributed by atoms with Crippen molar-refractivity contribution in [2.24, 2.45) is 0 Å². The molecule has 0 amide bonds. The van der Waals surface area contributed by atoms with Crippen LogP contribution >= 0.6 is 27.5 Å². The Morgan fingerprint density at radius 3 is 2.71 bits per heavy atom. The van der Waals surface area contributed by atoms with Crippen LogP contribution in [0.5, 0.6) is 0 Å². The molecule has 4 heteroatoms. The first kappa shape index (κ1) is 12.7. The fraction of sp³-hybridized carbons (Fsp3) is 0.308. The minimum Gasteiger partial charge on any atom is -0.240 e. The second-order valence-corrected chi connectivity index (χ2v) is 5.43. The number of aromatic nitrogens is 2. The number of nitrogens with zero attached hydrogens (tertiary/aromatic N) is 2. The maximum absolute atomic E-state index is 5.96.